The van der Waals surface area contributed by atoms with Crippen molar-refractivity contribution in [1.29, 1.82) is 0 Å². The van der Waals surface area contributed by atoms with Gasteiger partial charge in [-0.3, -0.25) is 4.99 Å². The first-order chi connectivity index (χ1) is 8.95. The van der Waals surface area contributed by atoms with Gasteiger partial charge in [0, 0.05) is 11.9 Å². The van der Waals surface area contributed by atoms with E-state index in [4.69, 9.17) is 0 Å². The quantitative estimate of drug-likeness (QED) is 0.775. The number of para-hydroxylation sites is 1. The Morgan fingerprint density at radius 1 is 0.833 bits per heavy atom. The van der Waals surface area contributed by atoms with Crippen molar-refractivity contribution in [3.05, 3.63) is 72.4 Å². The second-order valence-corrected chi connectivity index (χ2v) is 4.16. The van der Waals surface area contributed by atoms with Gasteiger partial charge in [0.05, 0.1) is 18.4 Å². The largest absolute Gasteiger partial charge is 0.334 e. The van der Waals surface area contributed by atoms with Crippen LogP contribution in [0.4, 0.5) is 5.69 Å². The van der Waals surface area contributed by atoms with Crippen molar-refractivity contribution in [1.82, 2.24) is 0 Å². The van der Waals surface area contributed by atoms with Crippen molar-refractivity contribution < 1.29 is 0 Å². The molecule has 0 unspecified atom stereocenters. The van der Waals surface area contributed by atoms with Gasteiger partial charge in [0.2, 0.25) is 0 Å². The second kappa shape index (κ2) is 4.88. The smallest absolute Gasteiger partial charge is 0.0673 e. The maximum atomic E-state index is 4.28. The van der Waals surface area contributed by atoms with Gasteiger partial charge in [0.25, 0.3) is 0 Å². The van der Waals surface area contributed by atoms with Crippen LogP contribution >= 0.6 is 0 Å². The van der Waals surface area contributed by atoms with E-state index in [1.54, 1.807) is 0 Å². The van der Waals surface area contributed by atoms with Gasteiger partial charge in [-0.05, 0) is 17.7 Å². The average Bonchev–Trinajstić information content (AvgIpc) is 2.49. The fourth-order valence-corrected chi connectivity index (χ4v) is 2.11. The molecule has 0 fully saturated rings. The molecule has 0 N–H and O–H groups in total. The van der Waals surface area contributed by atoms with E-state index in [-0.39, 0.29) is 0 Å². The standard InChI is InChI=1S/C16H14N2/c1-3-7-14(8-4-1)16-13-17-11-12-18(16)15-9-5-2-6-10-15/h1-11,13H,12H2. The number of hydrogen-bond donors (Lipinski definition) is 0. The Bertz CT molecular complexity index is 571. The van der Waals surface area contributed by atoms with Gasteiger partial charge in [0.15, 0.2) is 0 Å². The van der Waals surface area contributed by atoms with Crippen molar-refractivity contribution in [3.63, 3.8) is 0 Å². The predicted octanol–water partition coefficient (Wildman–Crippen LogP) is 3.58. The highest BCUT2D eigenvalue weighted by Gasteiger charge is 2.14. The third-order valence-electron chi connectivity index (χ3n) is 2.99. The molecule has 2 aromatic carbocycles. The van der Waals surface area contributed by atoms with Crippen molar-refractivity contribution in [3.8, 4) is 0 Å². The van der Waals surface area contributed by atoms with Crippen LogP contribution < -0.4 is 4.90 Å². The molecule has 0 amide bonds. The molecule has 3 rings (SSSR count). The summed E-state index contributed by atoms with van der Waals surface area (Å²) in [5.74, 6) is 0. The molecule has 88 valence electrons. The van der Waals surface area contributed by atoms with Gasteiger partial charge < -0.3 is 4.90 Å². The molecule has 0 bridgehead atoms. The summed E-state index contributed by atoms with van der Waals surface area (Å²) in [6.45, 7) is 0.810. The SMILES string of the molecule is C1=NC=C(c2ccccc2)N(c2ccccc2)C1. The van der Waals surface area contributed by atoms with E-state index in [0.717, 1.165) is 12.2 Å². The van der Waals surface area contributed by atoms with Crippen molar-refractivity contribution in [2.75, 3.05) is 11.4 Å². The predicted molar refractivity (Wildman–Crippen MR) is 76.7 cm³/mol. The fraction of sp³-hybridized carbons (Fsp3) is 0.0625. The van der Waals surface area contributed by atoms with E-state index < -0.39 is 0 Å². The molecular formula is C16H14N2. The van der Waals surface area contributed by atoms with Crippen LogP contribution in [0.3, 0.4) is 0 Å². The van der Waals surface area contributed by atoms with Gasteiger partial charge in [-0.1, -0.05) is 48.5 Å². The van der Waals surface area contributed by atoms with Crippen LogP contribution in [0.5, 0.6) is 0 Å². The van der Waals surface area contributed by atoms with Gasteiger partial charge in [-0.15, -0.1) is 0 Å². The maximum absolute atomic E-state index is 4.28. The molecule has 0 saturated heterocycles. The topological polar surface area (TPSA) is 15.6 Å². The molecule has 0 saturated carbocycles. The molecule has 0 aromatic heterocycles. The first-order valence-electron chi connectivity index (χ1n) is 6.05. The average molecular weight is 234 g/mol. The van der Waals surface area contributed by atoms with Crippen LogP contribution in [-0.2, 0) is 0 Å². The van der Waals surface area contributed by atoms with Gasteiger partial charge in [-0.25, -0.2) is 0 Å². The maximum Gasteiger partial charge on any atom is 0.0673 e. The zero-order chi connectivity index (χ0) is 12.2. The normalized spacial score (nSPS) is 14.4. The lowest BCUT2D eigenvalue weighted by atomic mass is 10.1. The lowest BCUT2D eigenvalue weighted by Gasteiger charge is -2.27. The molecule has 18 heavy (non-hydrogen) atoms. The van der Waals surface area contributed by atoms with E-state index in [1.807, 2.05) is 24.5 Å². The van der Waals surface area contributed by atoms with Crippen LogP contribution in [0.15, 0.2) is 71.9 Å². The Morgan fingerprint density at radius 2 is 1.50 bits per heavy atom. The van der Waals surface area contributed by atoms with E-state index in [0.29, 0.717) is 0 Å². The van der Waals surface area contributed by atoms with Crippen molar-refractivity contribution in [2.45, 2.75) is 0 Å². The van der Waals surface area contributed by atoms with Crippen molar-refractivity contribution >= 4 is 17.6 Å². The Balaban J connectivity index is 2.01. The third-order valence-corrected chi connectivity index (χ3v) is 2.99. The monoisotopic (exact) mass is 234 g/mol. The number of hydrogen-bond acceptors (Lipinski definition) is 2. The highest BCUT2D eigenvalue weighted by atomic mass is 15.2. The molecule has 1 aliphatic rings. The summed E-state index contributed by atoms with van der Waals surface area (Å²) in [4.78, 5) is 6.55. The van der Waals surface area contributed by atoms with Crippen LogP contribution in [0.25, 0.3) is 5.70 Å². The number of anilines is 1. The second-order valence-electron chi connectivity index (χ2n) is 4.16. The lowest BCUT2D eigenvalue weighted by Crippen LogP contribution is -2.25. The van der Waals surface area contributed by atoms with Crippen LogP contribution in [0.2, 0.25) is 0 Å². The van der Waals surface area contributed by atoms with Crippen molar-refractivity contribution in [2.24, 2.45) is 4.99 Å². The highest BCUT2D eigenvalue weighted by Crippen LogP contribution is 2.27. The summed E-state index contributed by atoms with van der Waals surface area (Å²) < 4.78 is 0. The molecule has 1 aliphatic heterocycles. The van der Waals surface area contributed by atoms with E-state index in [1.165, 1.54) is 11.3 Å². The summed E-state index contributed by atoms with van der Waals surface area (Å²) in [5.41, 5.74) is 3.53. The zero-order valence-corrected chi connectivity index (χ0v) is 10.0. The van der Waals surface area contributed by atoms with Crippen LogP contribution in [0.1, 0.15) is 5.56 Å². The summed E-state index contributed by atoms with van der Waals surface area (Å²) in [5, 5.41) is 0. The number of rotatable bonds is 2. The lowest BCUT2D eigenvalue weighted by molar-refractivity contribution is 1.12. The van der Waals surface area contributed by atoms with Crippen LogP contribution in [-0.4, -0.2) is 12.8 Å². The van der Waals surface area contributed by atoms with E-state index in [2.05, 4.69) is 58.4 Å². The molecule has 0 atom stereocenters. The van der Waals surface area contributed by atoms with Gasteiger partial charge >= 0.3 is 0 Å². The Labute approximate surface area is 107 Å². The first kappa shape index (κ1) is 10.8. The molecule has 2 nitrogen and oxygen atoms in total. The minimum Gasteiger partial charge on any atom is -0.334 e. The van der Waals surface area contributed by atoms with Gasteiger partial charge in [-0.2, -0.15) is 0 Å². The summed E-state index contributed by atoms with van der Waals surface area (Å²) in [6, 6.07) is 20.8. The minimum absolute atomic E-state index is 0.810. The van der Waals surface area contributed by atoms with E-state index in [9.17, 15) is 0 Å². The Hall–Kier alpha value is -2.35. The van der Waals surface area contributed by atoms with E-state index >= 15 is 0 Å². The summed E-state index contributed by atoms with van der Waals surface area (Å²) >= 11 is 0. The van der Waals surface area contributed by atoms with Crippen LogP contribution in [0, 0.1) is 0 Å². The summed E-state index contributed by atoms with van der Waals surface area (Å²) in [6.07, 6.45) is 3.85. The Morgan fingerprint density at radius 3 is 2.22 bits per heavy atom. The molecular weight excluding hydrogens is 220 g/mol. The number of benzene rings is 2. The molecule has 1 heterocycles. The molecule has 0 spiro atoms. The highest BCUT2D eigenvalue weighted by molar-refractivity contribution is 5.86. The Kier molecular flexibility index (Phi) is 2.92. The first-order valence-corrected chi connectivity index (χ1v) is 6.05. The molecule has 2 aromatic rings. The van der Waals surface area contributed by atoms with Gasteiger partial charge in [0.1, 0.15) is 0 Å². The third kappa shape index (κ3) is 2.05. The fourth-order valence-electron chi connectivity index (χ4n) is 2.11. The zero-order valence-electron chi connectivity index (χ0n) is 10.0. The number of nitrogens with zero attached hydrogens (tertiary/aromatic N) is 2. The molecule has 0 aliphatic carbocycles. The molecule has 0 radical (unpaired) electrons. The molecule has 2 heteroatoms. The summed E-state index contributed by atoms with van der Waals surface area (Å²) in [7, 11) is 0. The number of aliphatic imine (C=N–C) groups is 1. The minimum atomic E-state index is 0.810.